The molecule has 26 heavy (non-hydrogen) atoms. The summed E-state index contributed by atoms with van der Waals surface area (Å²) in [5.74, 6) is 0.256. The van der Waals surface area contributed by atoms with Gasteiger partial charge in [-0.1, -0.05) is 0 Å². The van der Waals surface area contributed by atoms with Crippen LogP contribution in [-0.2, 0) is 4.74 Å². The predicted molar refractivity (Wildman–Crippen MR) is 99.8 cm³/mol. The lowest BCUT2D eigenvalue weighted by atomic mass is 10.2. The summed E-state index contributed by atoms with van der Waals surface area (Å²) in [7, 11) is 0. The first-order valence-electron chi connectivity index (χ1n) is 8.04. The first-order chi connectivity index (χ1) is 12.8. The van der Waals surface area contributed by atoms with Crippen molar-refractivity contribution in [2.45, 2.75) is 6.92 Å². The topological polar surface area (TPSA) is 81.4 Å². The second-order valence-electron chi connectivity index (χ2n) is 5.40. The van der Waals surface area contributed by atoms with Crippen LogP contribution in [0.25, 0.3) is 17.0 Å². The van der Waals surface area contributed by atoms with Gasteiger partial charge in [-0.05, 0) is 43.3 Å². The van der Waals surface area contributed by atoms with Gasteiger partial charge in [-0.25, -0.2) is 9.78 Å². The second kappa shape index (κ2) is 6.93. The molecule has 0 aliphatic rings. The zero-order valence-electron chi connectivity index (χ0n) is 13.9. The van der Waals surface area contributed by atoms with Gasteiger partial charge in [-0.15, -0.1) is 21.5 Å². The van der Waals surface area contributed by atoms with Gasteiger partial charge in [0, 0.05) is 29.0 Å². The minimum atomic E-state index is -0.403. The quantitative estimate of drug-likeness (QED) is 0.542. The number of carbonyl (C=O) groups excluding carboxylic acids is 1. The molecule has 0 aliphatic heterocycles. The molecule has 3 aromatic heterocycles. The van der Waals surface area contributed by atoms with Crippen LogP contribution in [0.2, 0.25) is 0 Å². The molecule has 0 radical (unpaired) electrons. The number of esters is 1. The van der Waals surface area contributed by atoms with Crippen LogP contribution in [0, 0.1) is 0 Å². The first kappa shape index (κ1) is 16.2. The van der Waals surface area contributed by atoms with Gasteiger partial charge in [0.15, 0.2) is 16.6 Å². The Labute approximate surface area is 153 Å². The molecule has 0 unspecified atom stereocenters. The van der Waals surface area contributed by atoms with Crippen molar-refractivity contribution in [2.75, 3.05) is 11.9 Å². The van der Waals surface area contributed by atoms with Crippen molar-refractivity contribution in [3.8, 4) is 11.4 Å². The van der Waals surface area contributed by atoms with Crippen LogP contribution >= 0.6 is 11.3 Å². The third kappa shape index (κ3) is 3.02. The normalized spacial score (nSPS) is 10.8. The molecule has 0 spiro atoms. The fraction of sp³-hybridized carbons (Fsp3) is 0.111. The summed E-state index contributed by atoms with van der Waals surface area (Å²) in [5.41, 5.74) is 2.70. The van der Waals surface area contributed by atoms with E-state index in [-0.39, 0.29) is 0 Å². The molecular weight excluding hydrogens is 350 g/mol. The van der Waals surface area contributed by atoms with Crippen molar-refractivity contribution in [1.29, 1.82) is 0 Å². The average Bonchev–Trinajstić information content (AvgIpc) is 3.32. The zero-order chi connectivity index (χ0) is 17.9. The summed E-state index contributed by atoms with van der Waals surface area (Å²) in [6.07, 6.45) is 3.58. The van der Waals surface area contributed by atoms with Gasteiger partial charge in [0.05, 0.1) is 6.61 Å². The molecule has 4 aromatic rings. The monoisotopic (exact) mass is 365 g/mol. The smallest absolute Gasteiger partial charge is 0.341 e. The van der Waals surface area contributed by atoms with Crippen molar-refractivity contribution in [3.05, 3.63) is 59.7 Å². The highest BCUT2D eigenvalue weighted by Crippen LogP contribution is 2.24. The third-order valence-electron chi connectivity index (χ3n) is 3.76. The van der Waals surface area contributed by atoms with Crippen LogP contribution in [-0.4, -0.2) is 32.2 Å². The van der Waals surface area contributed by atoms with Crippen LogP contribution in [0.5, 0.6) is 0 Å². The third-order valence-corrected chi connectivity index (χ3v) is 4.45. The molecule has 0 saturated heterocycles. The van der Waals surface area contributed by atoms with E-state index in [0.717, 1.165) is 16.4 Å². The molecule has 0 atom stereocenters. The number of ether oxygens (including phenoxy) is 1. The van der Waals surface area contributed by atoms with Gasteiger partial charge in [-0.2, -0.15) is 0 Å². The number of nitrogens with one attached hydrogen (secondary N) is 1. The highest BCUT2D eigenvalue weighted by molar-refractivity contribution is 7.13. The average molecular weight is 365 g/mol. The number of thiazole rings is 1. The molecule has 0 amide bonds. The Morgan fingerprint density at radius 3 is 2.81 bits per heavy atom. The Hall–Kier alpha value is -3.26. The summed E-state index contributed by atoms with van der Waals surface area (Å²) in [6, 6.07) is 11.3. The summed E-state index contributed by atoms with van der Waals surface area (Å²) in [6.45, 7) is 2.09. The Kier molecular flexibility index (Phi) is 4.32. The fourth-order valence-corrected chi connectivity index (χ4v) is 3.14. The maximum atomic E-state index is 12.1. The molecule has 1 aromatic carbocycles. The Morgan fingerprint density at radius 2 is 2.08 bits per heavy atom. The number of anilines is 2. The zero-order valence-corrected chi connectivity index (χ0v) is 14.7. The molecule has 7 nitrogen and oxygen atoms in total. The van der Waals surface area contributed by atoms with Crippen LogP contribution in [0.3, 0.4) is 0 Å². The molecule has 0 fully saturated rings. The number of nitrogens with zero attached hydrogens (tertiary/aromatic N) is 4. The SMILES string of the molecule is CCOC(=O)c1cccn2c(-c3ccc(Nc4nccs4)cc3)nnc12. The molecule has 130 valence electrons. The molecule has 0 bridgehead atoms. The van der Waals surface area contributed by atoms with E-state index in [1.807, 2.05) is 35.8 Å². The van der Waals surface area contributed by atoms with E-state index in [9.17, 15) is 4.79 Å². The standard InChI is InChI=1S/C18H15N5O2S/c1-2-25-17(24)14-4-3-10-23-15(21-22-16(14)23)12-5-7-13(8-6-12)20-18-19-9-11-26-18/h3-11H,2H2,1H3,(H,19,20). The van der Waals surface area contributed by atoms with Crippen LogP contribution in [0.4, 0.5) is 10.8 Å². The Bertz CT molecular complexity index is 1040. The van der Waals surface area contributed by atoms with Gasteiger partial charge in [0.2, 0.25) is 0 Å². The summed E-state index contributed by atoms with van der Waals surface area (Å²) in [4.78, 5) is 16.3. The van der Waals surface area contributed by atoms with E-state index in [4.69, 9.17) is 4.74 Å². The van der Waals surface area contributed by atoms with E-state index >= 15 is 0 Å². The highest BCUT2D eigenvalue weighted by atomic mass is 32.1. The molecular formula is C18H15N5O2S. The molecule has 4 rings (SSSR count). The minimum Gasteiger partial charge on any atom is -0.462 e. The Morgan fingerprint density at radius 1 is 1.23 bits per heavy atom. The van der Waals surface area contributed by atoms with E-state index in [1.165, 1.54) is 11.3 Å². The highest BCUT2D eigenvalue weighted by Gasteiger charge is 2.16. The number of rotatable bonds is 5. The second-order valence-corrected chi connectivity index (χ2v) is 6.29. The molecule has 0 aliphatic carbocycles. The number of aromatic nitrogens is 4. The van der Waals surface area contributed by atoms with Gasteiger partial charge in [0.1, 0.15) is 5.56 Å². The molecule has 1 N–H and O–H groups in total. The maximum absolute atomic E-state index is 12.1. The number of pyridine rings is 1. The van der Waals surface area contributed by atoms with Gasteiger partial charge in [0.25, 0.3) is 0 Å². The summed E-state index contributed by atoms with van der Waals surface area (Å²) >= 11 is 1.54. The minimum absolute atomic E-state index is 0.314. The van der Waals surface area contributed by atoms with Crippen LogP contribution in [0.15, 0.2) is 54.2 Å². The molecule has 0 saturated carbocycles. The van der Waals surface area contributed by atoms with E-state index in [1.54, 1.807) is 29.7 Å². The lowest BCUT2D eigenvalue weighted by molar-refractivity contribution is 0.0528. The fourth-order valence-electron chi connectivity index (χ4n) is 2.59. The number of hydrogen-bond acceptors (Lipinski definition) is 7. The van der Waals surface area contributed by atoms with E-state index in [2.05, 4.69) is 20.5 Å². The molecule has 8 heteroatoms. The lowest BCUT2D eigenvalue weighted by Gasteiger charge is -2.05. The lowest BCUT2D eigenvalue weighted by Crippen LogP contribution is -2.07. The molecule has 3 heterocycles. The van der Waals surface area contributed by atoms with Gasteiger partial charge >= 0.3 is 5.97 Å². The number of benzene rings is 1. The van der Waals surface area contributed by atoms with E-state index in [0.29, 0.717) is 23.6 Å². The van der Waals surface area contributed by atoms with E-state index < -0.39 is 5.97 Å². The number of carbonyl (C=O) groups is 1. The van der Waals surface area contributed by atoms with Crippen molar-refractivity contribution in [1.82, 2.24) is 19.6 Å². The number of hydrogen-bond donors (Lipinski definition) is 1. The van der Waals surface area contributed by atoms with Crippen molar-refractivity contribution in [3.63, 3.8) is 0 Å². The largest absolute Gasteiger partial charge is 0.462 e. The summed E-state index contributed by atoms with van der Waals surface area (Å²) < 4.78 is 6.87. The Balaban J connectivity index is 1.66. The van der Waals surface area contributed by atoms with Crippen molar-refractivity contribution >= 4 is 33.8 Å². The van der Waals surface area contributed by atoms with Crippen molar-refractivity contribution in [2.24, 2.45) is 0 Å². The van der Waals surface area contributed by atoms with Crippen molar-refractivity contribution < 1.29 is 9.53 Å². The van der Waals surface area contributed by atoms with Crippen LogP contribution < -0.4 is 5.32 Å². The number of fused-ring (bicyclic) bond motifs is 1. The van der Waals surface area contributed by atoms with Gasteiger partial charge in [-0.3, -0.25) is 4.40 Å². The predicted octanol–water partition coefficient (Wildman–Crippen LogP) is 3.77. The van der Waals surface area contributed by atoms with Crippen LogP contribution in [0.1, 0.15) is 17.3 Å². The maximum Gasteiger partial charge on any atom is 0.341 e. The van der Waals surface area contributed by atoms with Gasteiger partial charge < -0.3 is 10.1 Å². The summed E-state index contributed by atoms with van der Waals surface area (Å²) in [5, 5.41) is 14.4. The first-order valence-corrected chi connectivity index (χ1v) is 8.92.